The van der Waals surface area contributed by atoms with Crippen LogP contribution in [0.4, 0.5) is 0 Å². The average Bonchev–Trinajstić information content (AvgIpc) is 2.17. The van der Waals surface area contributed by atoms with Crippen LogP contribution in [-0.2, 0) is 6.61 Å². The predicted octanol–water partition coefficient (Wildman–Crippen LogP) is 1.80. The van der Waals surface area contributed by atoms with Crippen LogP contribution in [0.15, 0.2) is 12.1 Å². The highest BCUT2D eigenvalue weighted by Gasteiger charge is 2.11. The van der Waals surface area contributed by atoms with E-state index in [9.17, 15) is 0 Å². The number of methoxy groups -OCH3 is 2. The Morgan fingerprint density at radius 2 is 2.00 bits per heavy atom. The van der Waals surface area contributed by atoms with Crippen LogP contribution in [0.1, 0.15) is 5.56 Å². The lowest BCUT2D eigenvalue weighted by Gasteiger charge is -2.12. The lowest BCUT2D eigenvalue weighted by atomic mass is 10.2. The standard InChI is InChI=1S/C9H11IO3/c1-12-8-4-3-7(10)6(5-11)9(8)13-2/h3-4,11H,5H2,1-2H3. The largest absolute Gasteiger partial charge is 0.493 e. The van der Waals surface area contributed by atoms with Gasteiger partial charge in [-0.05, 0) is 34.7 Å². The number of ether oxygens (including phenoxy) is 2. The number of halogens is 1. The summed E-state index contributed by atoms with van der Waals surface area (Å²) in [5, 5.41) is 9.11. The maximum absolute atomic E-state index is 9.11. The number of rotatable bonds is 3. The first-order valence-electron chi connectivity index (χ1n) is 3.74. The van der Waals surface area contributed by atoms with Crippen molar-refractivity contribution in [1.82, 2.24) is 0 Å². The summed E-state index contributed by atoms with van der Waals surface area (Å²) in [6.45, 7) is -0.0430. The van der Waals surface area contributed by atoms with Crippen molar-refractivity contribution < 1.29 is 14.6 Å². The van der Waals surface area contributed by atoms with E-state index >= 15 is 0 Å². The molecule has 1 rings (SSSR count). The molecule has 0 unspecified atom stereocenters. The van der Waals surface area contributed by atoms with Gasteiger partial charge in [-0.2, -0.15) is 0 Å². The van der Waals surface area contributed by atoms with E-state index in [-0.39, 0.29) is 6.61 Å². The molecule has 72 valence electrons. The third-order valence-corrected chi connectivity index (χ3v) is 2.76. The molecular formula is C9H11IO3. The summed E-state index contributed by atoms with van der Waals surface area (Å²) in [6.07, 6.45) is 0. The molecule has 0 heterocycles. The molecule has 0 atom stereocenters. The maximum atomic E-state index is 9.11. The summed E-state index contributed by atoms with van der Waals surface area (Å²) < 4.78 is 11.2. The predicted molar refractivity (Wildman–Crippen MR) is 58.2 cm³/mol. The van der Waals surface area contributed by atoms with Crippen molar-refractivity contribution in [3.8, 4) is 11.5 Å². The smallest absolute Gasteiger partial charge is 0.167 e. The number of benzene rings is 1. The lowest BCUT2D eigenvalue weighted by molar-refractivity contribution is 0.269. The molecule has 0 saturated carbocycles. The molecule has 0 saturated heterocycles. The molecule has 0 aliphatic carbocycles. The number of aliphatic hydroxyl groups is 1. The Morgan fingerprint density at radius 3 is 2.46 bits per heavy atom. The fourth-order valence-corrected chi connectivity index (χ4v) is 1.71. The van der Waals surface area contributed by atoms with Gasteiger partial charge in [0.2, 0.25) is 0 Å². The Kier molecular flexibility index (Phi) is 3.80. The minimum absolute atomic E-state index is 0.0430. The molecule has 0 bridgehead atoms. The molecule has 3 nitrogen and oxygen atoms in total. The molecule has 0 fully saturated rings. The third-order valence-electron chi connectivity index (χ3n) is 1.75. The Morgan fingerprint density at radius 1 is 1.31 bits per heavy atom. The van der Waals surface area contributed by atoms with Crippen molar-refractivity contribution in [2.75, 3.05) is 14.2 Å². The number of aliphatic hydroxyl groups excluding tert-OH is 1. The molecule has 0 spiro atoms. The topological polar surface area (TPSA) is 38.7 Å². The van der Waals surface area contributed by atoms with Crippen molar-refractivity contribution in [2.45, 2.75) is 6.61 Å². The first-order valence-corrected chi connectivity index (χ1v) is 4.82. The molecule has 0 amide bonds. The van der Waals surface area contributed by atoms with Gasteiger partial charge in [0, 0.05) is 9.13 Å². The van der Waals surface area contributed by atoms with Crippen molar-refractivity contribution in [3.05, 3.63) is 21.3 Å². The minimum atomic E-state index is -0.0430. The van der Waals surface area contributed by atoms with E-state index in [4.69, 9.17) is 14.6 Å². The zero-order chi connectivity index (χ0) is 9.84. The second-order valence-electron chi connectivity index (χ2n) is 2.42. The van der Waals surface area contributed by atoms with Crippen LogP contribution in [0, 0.1) is 3.57 Å². The van der Waals surface area contributed by atoms with Crippen molar-refractivity contribution in [3.63, 3.8) is 0 Å². The highest BCUT2D eigenvalue weighted by Crippen LogP contribution is 2.33. The lowest BCUT2D eigenvalue weighted by Crippen LogP contribution is -1.98. The van der Waals surface area contributed by atoms with E-state index in [1.807, 2.05) is 12.1 Å². The molecule has 0 aliphatic heterocycles. The van der Waals surface area contributed by atoms with Crippen LogP contribution in [-0.4, -0.2) is 19.3 Å². The maximum Gasteiger partial charge on any atom is 0.167 e. The van der Waals surface area contributed by atoms with Gasteiger partial charge in [-0.3, -0.25) is 0 Å². The summed E-state index contributed by atoms with van der Waals surface area (Å²) in [4.78, 5) is 0. The normalized spacial score (nSPS) is 9.85. The molecule has 13 heavy (non-hydrogen) atoms. The van der Waals surface area contributed by atoms with Crippen molar-refractivity contribution in [1.29, 1.82) is 0 Å². The fourth-order valence-electron chi connectivity index (χ4n) is 1.11. The van der Waals surface area contributed by atoms with Crippen LogP contribution in [0.25, 0.3) is 0 Å². The van der Waals surface area contributed by atoms with Crippen LogP contribution in [0.2, 0.25) is 0 Å². The van der Waals surface area contributed by atoms with Gasteiger partial charge >= 0.3 is 0 Å². The van der Waals surface area contributed by atoms with Crippen LogP contribution in [0.5, 0.6) is 11.5 Å². The summed E-state index contributed by atoms with van der Waals surface area (Å²) in [6, 6.07) is 3.70. The summed E-state index contributed by atoms with van der Waals surface area (Å²) in [5.74, 6) is 1.25. The molecule has 4 heteroatoms. The zero-order valence-corrected chi connectivity index (χ0v) is 9.66. The molecule has 0 aliphatic rings. The van der Waals surface area contributed by atoms with Gasteiger partial charge in [0.25, 0.3) is 0 Å². The van der Waals surface area contributed by atoms with E-state index in [0.717, 1.165) is 9.13 Å². The number of hydrogen-bond acceptors (Lipinski definition) is 3. The van der Waals surface area contributed by atoms with Gasteiger partial charge in [-0.15, -0.1) is 0 Å². The summed E-state index contributed by atoms with van der Waals surface area (Å²) >= 11 is 2.15. The Bertz CT molecular complexity index is 299. The average molecular weight is 294 g/mol. The van der Waals surface area contributed by atoms with E-state index in [2.05, 4.69) is 22.6 Å². The molecule has 0 radical (unpaired) electrons. The second kappa shape index (κ2) is 4.66. The first kappa shape index (κ1) is 10.6. The molecule has 0 aromatic heterocycles. The van der Waals surface area contributed by atoms with E-state index in [1.165, 1.54) is 0 Å². The highest BCUT2D eigenvalue weighted by atomic mass is 127. The van der Waals surface area contributed by atoms with Gasteiger partial charge in [0.05, 0.1) is 20.8 Å². The molecule has 1 aromatic carbocycles. The monoisotopic (exact) mass is 294 g/mol. The molecule has 1 aromatic rings. The van der Waals surface area contributed by atoms with Gasteiger partial charge in [0.1, 0.15) is 0 Å². The van der Waals surface area contributed by atoms with Crippen molar-refractivity contribution in [2.24, 2.45) is 0 Å². The molecule has 1 N–H and O–H groups in total. The van der Waals surface area contributed by atoms with Gasteiger partial charge in [0.15, 0.2) is 11.5 Å². The number of hydrogen-bond donors (Lipinski definition) is 1. The Balaban J connectivity index is 3.27. The summed E-state index contributed by atoms with van der Waals surface area (Å²) in [5.41, 5.74) is 0.766. The summed E-state index contributed by atoms with van der Waals surface area (Å²) in [7, 11) is 3.14. The van der Waals surface area contributed by atoms with E-state index < -0.39 is 0 Å². The third kappa shape index (κ3) is 2.05. The zero-order valence-electron chi connectivity index (χ0n) is 7.50. The Labute approximate surface area is 90.8 Å². The first-order chi connectivity index (χ1) is 6.24. The van der Waals surface area contributed by atoms with Gasteiger partial charge in [-0.25, -0.2) is 0 Å². The van der Waals surface area contributed by atoms with E-state index in [0.29, 0.717) is 11.5 Å². The van der Waals surface area contributed by atoms with Gasteiger partial charge < -0.3 is 14.6 Å². The SMILES string of the molecule is COc1ccc(I)c(CO)c1OC. The van der Waals surface area contributed by atoms with E-state index in [1.54, 1.807) is 14.2 Å². The van der Waals surface area contributed by atoms with Crippen LogP contribution >= 0.6 is 22.6 Å². The second-order valence-corrected chi connectivity index (χ2v) is 3.58. The Hall–Kier alpha value is -0.490. The van der Waals surface area contributed by atoms with Gasteiger partial charge in [-0.1, -0.05) is 0 Å². The minimum Gasteiger partial charge on any atom is -0.493 e. The molecular weight excluding hydrogens is 283 g/mol. The fraction of sp³-hybridized carbons (Fsp3) is 0.333. The quantitative estimate of drug-likeness (QED) is 0.864. The van der Waals surface area contributed by atoms with Crippen molar-refractivity contribution >= 4 is 22.6 Å². The highest BCUT2D eigenvalue weighted by molar-refractivity contribution is 14.1. The van der Waals surface area contributed by atoms with Crippen LogP contribution < -0.4 is 9.47 Å². The van der Waals surface area contributed by atoms with Crippen LogP contribution in [0.3, 0.4) is 0 Å².